The van der Waals surface area contributed by atoms with E-state index in [4.69, 9.17) is 0 Å². The number of carbonyl (C=O) groups excluding carboxylic acids is 1. The topological polar surface area (TPSA) is 54.0 Å². The quantitative estimate of drug-likeness (QED) is 0.892. The number of carbonyl (C=O) groups is 1. The fourth-order valence-electron chi connectivity index (χ4n) is 2.50. The van der Waals surface area contributed by atoms with Gasteiger partial charge >= 0.3 is 0 Å². The summed E-state index contributed by atoms with van der Waals surface area (Å²) in [6, 6.07) is 10.5. The van der Waals surface area contributed by atoms with E-state index >= 15 is 0 Å². The number of anilines is 1. The van der Waals surface area contributed by atoms with Crippen molar-refractivity contribution < 1.29 is 9.18 Å². The minimum absolute atomic E-state index is 0.114. The van der Waals surface area contributed by atoms with Crippen molar-refractivity contribution in [2.45, 2.75) is 25.3 Å². The second-order valence-electron chi connectivity index (χ2n) is 5.44. The van der Waals surface area contributed by atoms with Gasteiger partial charge in [0.1, 0.15) is 11.6 Å². The van der Waals surface area contributed by atoms with Crippen LogP contribution in [-0.4, -0.2) is 23.5 Å². The molecule has 1 aliphatic carbocycles. The van der Waals surface area contributed by atoms with Crippen molar-refractivity contribution in [1.29, 1.82) is 0 Å². The Hall–Kier alpha value is -2.43. The molecule has 1 amide bonds. The minimum atomic E-state index is -0.212. The highest BCUT2D eigenvalue weighted by atomic mass is 19.1. The summed E-state index contributed by atoms with van der Waals surface area (Å²) in [7, 11) is 0. The molecule has 0 radical (unpaired) electrons. The monoisotopic (exact) mass is 299 g/mol. The van der Waals surface area contributed by atoms with Crippen LogP contribution >= 0.6 is 0 Å². The molecule has 3 rings (SSSR count). The summed E-state index contributed by atoms with van der Waals surface area (Å²) in [6.07, 6.45) is 2.58. The zero-order chi connectivity index (χ0) is 15.5. The predicted molar refractivity (Wildman–Crippen MR) is 83.4 cm³/mol. The minimum Gasteiger partial charge on any atom is -0.367 e. The number of halogens is 1. The van der Waals surface area contributed by atoms with E-state index in [1.165, 1.54) is 12.1 Å². The third kappa shape index (κ3) is 3.24. The average molecular weight is 299 g/mol. The Morgan fingerprint density at radius 1 is 1.27 bits per heavy atom. The standard InChI is InChI=1S/C17H18FN3O/c1-2-19-17(22)12-5-8-16(20-10-12)21-15-9-14(15)11-3-6-13(18)7-4-11/h3-8,10,14-15H,2,9H2,1H3,(H,19,22)(H,20,21)/t14-,15+/m0/s1. The van der Waals surface area contributed by atoms with E-state index in [1.807, 2.05) is 25.1 Å². The van der Waals surface area contributed by atoms with Crippen molar-refractivity contribution in [3.8, 4) is 0 Å². The molecule has 0 saturated heterocycles. The molecule has 2 N–H and O–H groups in total. The molecule has 1 heterocycles. The summed E-state index contributed by atoms with van der Waals surface area (Å²) in [4.78, 5) is 15.9. The van der Waals surface area contributed by atoms with Gasteiger partial charge in [-0.25, -0.2) is 9.37 Å². The predicted octanol–water partition coefficient (Wildman–Crippen LogP) is 2.94. The van der Waals surface area contributed by atoms with Crippen LogP contribution in [-0.2, 0) is 0 Å². The Morgan fingerprint density at radius 3 is 2.68 bits per heavy atom. The van der Waals surface area contributed by atoms with E-state index in [9.17, 15) is 9.18 Å². The molecule has 2 aromatic rings. The molecule has 0 spiro atoms. The van der Waals surface area contributed by atoms with Gasteiger partial charge in [-0.3, -0.25) is 4.79 Å². The van der Waals surface area contributed by atoms with Gasteiger partial charge < -0.3 is 10.6 Å². The molecular weight excluding hydrogens is 281 g/mol. The van der Waals surface area contributed by atoms with Gasteiger partial charge in [-0.15, -0.1) is 0 Å². The van der Waals surface area contributed by atoms with Crippen LogP contribution in [0.25, 0.3) is 0 Å². The smallest absolute Gasteiger partial charge is 0.252 e. The Balaban J connectivity index is 1.58. The van der Waals surface area contributed by atoms with E-state index in [-0.39, 0.29) is 11.7 Å². The van der Waals surface area contributed by atoms with Gasteiger partial charge in [0.05, 0.1) is 5.56 Å². The summed E-state index contributed by atoms with van der Waals surface area (Å²) in [6.45, 7) is 2.48. The third-order valence-electron chi connectivity index (χ3n) is 3.78. The SMILES string of the molecule is CCNC(=O)c1ccc(N[C@@H]2C[C@H]2c2ccc(F)cc2)nc1. The number of amides is 1. The van der Waals surface area contributed by atoms with E-state index in [1.54, 1.807) is 12.3 Å². The average Bonchev–Trinajstić information content (AvgIpc) is 3.28. The molecule has 0 unspecified atom stereocenters. The van der Waals surface area contributed by atoms with Crippen molar-refractivity contribution >= 4 is 11.7 Å². The van der Waals surface area contributed by atoms with Crippen molar-refractivity contribution in [3.63, 3.8) is 0 Å². The molecule has 4 nitrogen and oxygen atoms in total. The lowest BCUT2D eigenvalue weighted by atomic mass is 10.1. The number of pyridine rings is 1. The van der Waals surface area contributed by atoms with E-state index in [0.717, 1.165) is 17.8 Å². The first kappa shape index (κ1) is 14.5. The summed E-state index contributed by atoms with van der Waals surface area (Å²) >= 11 is 0. The first-order valence-corrected chi connectivity index (χ1v) is 7.43. The Morgan fingerprint density at radius 2 is 2.05 bits per heavy atom. The van der Waals surface area contributed by atoms with Crippen LogP contribution in [0.3, 0.4) is 0 Å². The van der Waals surface area contributed by atoms with Crippen LogP contribution in [0.2, 0.25) is 0 Å². The van der Waals surface area contributed by atoms with Crippen LogP contribution in [0.15, 0.2) is 42.6 Å². The Kier molecular flexibility index (Phi) is 4.04. The first-order chi connectivity index (χ1) is 10.7. The van der Waals surface area contributed by atoms with Crippen molar-refractivity contribution in [2.24, 2.45) is 0 Å². The normalized spacial score (nSPS) is 19.5. The zero-order valence-corrected chi connectivity index (χ0v) is 12.3. The Bertz CT molecular complexity index is 655. The lowest BCUT2D eigenvalue weighted by molar-refractivity contribution is 0.0955. The number of aromatic nitrogens is 1. The molecule has 2 atom stereocenters. The number of nitrogens with zero attached hydrogens (tertiary/aromatic N) is 1. The van der Waals surface area contributed by atoms with E-state index < -0.39 is 0 Å². The van der Waals surface area contributed by atoms with Crippen LogP contribution < -0.4 is 10.6 Å². The van der Waals surface area contributed by atoms with Gasteiger partial charge in [-0.05, 0) is 43.2 Å². The van der Waals surface area contributed by atoms with Gasteiger partial charge in [0.15, 0.2) is 0 Å². The number of benzene rings is 1. The molecule has 1 saturated carbocycles. The second kappa shape index (κ2) is 6.13. The van der Waals surface area contributed by atoms with E-state index in [2.05, 4.69) is 15.6 Å². The Labute approximate surface area is 128 Å². The summed E-state index contributed by atoms with van der Waals surface area (Å²) in [5.74, 6) is 0.821. The number of hydrogen-bond donors (Lipinski definition) is 2. The first-order valence-electron chi connectivity index (χ1n) is 7.43. The molecule has 114 valence electrons. The van der Waals surface area contributed by atoms with Crippen LogP contribution in [0.4, 0.5) is 10.2 Å². The van der Waals surface area contributed by atoms with Gasteiger partial charge in [0, 0.05) is 24.7 Å². The lowest BCUT2D eigenvalue weighted by Gasteiger charge is -2.06. The van der Waals surface area contributed by atoms with Gasteiger partial charge in [0.2, 0.25) is 0 Å². The fourth-order valence-corrected chi connectivity index (χ4v) is 2.50. The third-order valence-corrected chi connectivity index (χ3v) is 3.78. The highest BCUT2D eigenvalue weighted by Crippen LogP contribution is 2.42. The van der Waals surface area contributed by atoms with Crippen LogP contribution in [0, 0.1) is 5.82 Å². The maximum atomic E-state index is 12.9. The van der Waals surface area contributed by atoms with Gasteiger partial charge in [-0.2, -0.15) is 0 Å². The zero-order valence-electron chi connectivity index (χ0n) is 12.3. The molecule has 22 heavy (non-hydrogen) atoms. The largest absolute Gasteiger partial charge is 0.367 e. The second-order valence-corrected chi connectivity index (χ2v) is 5.44. The van der Waals surface area contributed by atoms with Gasteiger partial charge in [-0.1, -0.05) is 12.1 Å². The van der Waals surface area contributed by atoms with Crippen molar-refractivity contribution in [3.05, 3.63) is 59.5 Å². The maximum absolute atomic E-state index is 12.9. The van der Waals surface area contributed by atoms with Gasteiger partial charge in [0.25, 0.3) is 5.91 Å². The molecule has 1 fully saturated rings. The molecule has 1 aromatic carbocycles. The van der Waals surface area contributed by atoms with E-state index in [0.29, 0.717) is 24.1 Å². The lowest BCUT2D eigenvalue weighted by Crippen LogP contribution is -2.22. The van der Waals surface area contributed by atoms with Crippen molar-refractivity contribution in [1.82, 2.24) is 10.3 Å². The highest BCUT2D eigenvalue weighted by Gasteiger charge is 2.38. The van der Waals surface area contributed by atoms with Crippen LogP contribution in [0.1, 0.15) is 35.2 Å². The number of rotatable bonds is 5. The fraction of sp³-hybridized carbons (Fsp3) is 0.294. The molecule has 1 aliphatic rings. The molecule has 0 aliphatic heterocycles. The highest BCUT2D eigenvalue weighted by molar-refractivity contribution is 5.93. The molecule has 5 heteroatoms. The summed E-state index contributed by atoms with van der Waals surface area (Å²) in [5, 5.41) is 6.08. The maximum Gasteiger partial charge on any atom is 0.252 e. The molecule has 1 aromatic heterocycles. The van der Waals surface area contributed by atoms with Crippen LogP contribution in [0.5, 0.6) is 0 Å². The van der Waals surface area contributed by atoms with Crippen molar-refractivity contribution in [2.75, 3.05) is 11.9 Å². The molecular formula is C17H18FN3O. The number of hydrogen-bond acceptors (Lipinski definition) is 3. The summed E-state index contributed by atoms with van der Waals surface area (Å²) < 4.78 is 12.9. The molecule has 0 bridgehead atoms. The number of nitrogens with one attached hydrogen (secondary N) is 2. The summed E-state index contributed by atoms with van der Waals surface area (Å²) in [5.41, 5.74) is 1.69.